The minimum Gasteiger partial charge on any atom is -0.392 e. The molecule has 2 aromatic heterocycles. The monoisotopic (exact) mass is 612 g/mol. The van der Waals surface area contributed by atoms with Crippen LogP contribution in [0.4, 0.5) is 0 Å². The standard InChI is InChI=1S/C5H6ClIN2.C5H7IN2O.Cl2OS/c1-9-3-4(2-6)5(7)8-9;1-8-2-4(3-9)5(6)7-8;1-4(2)3/h3H,2H2,1H3;2,9H,3H2,1H3;. The van der Waals surface area contributed by atoms with Gasteiger partial charge in [0.15, 0.2) is 0 Å². The summed E-state index contributed by atoms with van der Waals surface area (Å²) in [4.78, 5) is 0. The summed E-state index contributed by atoms with van der Waals surface area (Å²) in [7, 11) is 11.1. The zero-order valence-corrected chi connectivity index (χ0v) is 18.9. The first-order chi connectivity index (χ1) is 10.2. The number of hydrogen-bond donors (Lipinski definition) is 1. The quantitative estimate of drug-likeness (QED) is 0.321. The maximum absolute atomic E-state index is 9.09. The molecule has 2 aromatic rings. The molecule has 0 amide bonds. The van der Waals surface area contributed by atoms with Crippen LogP contribution in [0.25, 0.3) is 0 Å². The Balaban J connectivity index is 0.000000326. The summed E-state index contributed by atoms with van der Waals surface area (Å²) in [5.74, 6) is 0.548. The van der Waals surface area contributed by atoms with Crippen LogP contribution in [0.5, 0.6) is 0 Å². The average molecular weight is 613 g/mol. The Morgan fingerprint density at radius 2 is 1.50 bits per heavy atom. The van der Waals surface area contributed by atoms with Gasteiger partial charge in [0.25, 0.3) is 0 Å². The van der Waals surface area contributed by atoms with Crippen molar-refractivity contribution >= 4 is 87.4 Å². The third kappa shape index (κ3) is 9.88. The molecule has 22 heavy (non-hydrogen) atoms. The van der Waals surface area contributed by atoms with Crippen LogP contribution in [-0.2, 0) is 35.8 Å². The molecule has 0 radical (unpaired) electrons. The van der Waals surface area contributed by atoms with Crippen molar-refractivity contribution in [1.29, 1.82) is 0 Å². The van der Waals surface area contributed by atoms with Gasteiger partial charge in [0.1, 0.15) is 7.40 Å². The molecule has 0 unspecified atom stereocenters. The minimum atomic E-state index is -1.67. The molecular weight excluding hydrogens is 600 g/mol. The Morgan fingerprint density at radius 1 is 1.14 bits per heavy atom. The van der Waals surface area contributed by atoms with Crippen molar-refractivity contribution in [3.8, 4) is 0 Å². The molecule has 12 heteroatoms. The van der Waals surface area contributed by atoms with E-state index in [2.05, 4.69) is 76.7 Å². The van der Waals surface area contributed by atoms with Crippen molar-refractivity contribution in [1.82, 2.24) is 19.6 Å². The molecule has 0 aliphatic rings. The summed E-state index contributed by atoms with van der Waals surface area (Å²) in [6, 6.07) is 0. The van der Waals surface area contributed by atoms with Gasteiger partial charge in [-0.05, 0) is 45.2 Å². The Labute approximate surface area is 172 Å². The predicted octanol–water partition coefficient (Wildman–Crippen LogP) is 3.32. The first kappa shape index (κ1) is 22.9. The fourth-order valence-electron chi connectivity index (χ4n) is 1.22. The molecule has 2 rings (SSSR count). The van der Waals surface area contributed by atoms with E-state index in [1.165, 1.54) is 0 Å². The first-order valence-electron chi connectivity index (χ1n) is 5.48. The van der Waals surface area contributed by atoms with Crippen LogP contribution in [0, 0.1) is 7.40 Å². The highest BCUT2D eigenvalue weighted by atomic mass is 127. The molecule has 1 N–H and O–H groups in total. The van der Waals surface area contributed by atoms with Crippen LogP contribution < -0.4 is 0 Å². The lowest BCUT2D eigenvalue weighted by atomic mass is 10.4. The lowest BCUT2D eigenvalue weighted by molar-refractivity contribution is 0.281. The van der Waals surface area contributed by atoms with E-state index in [1.807, 2.05) is 26.5 Å². The summed E-state index contributed by atoms with van der Waals surface area (Å²) in [6.07, 6.45) is 3.73. The highest BCUT2D eigenvalue weighted by Crippen LogP contribution is 2.10. The van der Waals surface area contributed by atoms with Gasteiger partial charge in [-0.15, -0.1) is 11.6 Å². The summed E-state index contributed by atoms with van der Waals surface area (Å²) >= 11 is 9.84. The van der Waals surface area contributed by atoms with Crippen LogP contribution in [0.2, 0.25) is 0 Å². The molecule has 0 spiro atoms. The van der Waals surface area contributed by atoms with Crippen LogP contribution >= 0.6 is 78.1 Å². The first-order valence-corrected chi connectivity index (χ1v) is 11.0. The van der Waals surface area contributed by atoms with Gasteiger partial charge in [0.05, 0.1) is 12.5 Å². The normalized spacial score (nSPS) is 9.86. The lowest BCUT2D eigenvalue weighted by Crippen LogP contribution is -1.85. The predicted molar refractivity (Wildman–Crippen MR) is 107 cm³/mol. The second kappa shape index (κ2) is 12.3. The van der Waals surface area contributed by atoms with Gasteiger partial charge in [-0.1, -0.05) is 0 Å². The molecule has 0 bridgehead atoms. The number of alkyl halides is 1. The minimum absolute atomic E-state index is 0.0755. The van der Waals surface area contributed by atoms with Crippen molar-refractivity contribution in [2.45, 2.75) is 12.5 Å². The fourth-order valence-corrected chi connectivity index (χ4v) is 2.96. The van der Waals surface area contributed by atoms with E-state index >= 15 is 0 Å². The van der Waals surface area contributed by atoms with Crippen molar-refractivity contribution in [2.24, 2.45) is 14.1 Å². The fraction of sp³-hybridized carbons (Fsp3) is 0.400. The van der Waals surface area contributed by atoms with Gasteiger partial charge in [-0.25, -0.2) is 4.21 Å². The van der Waals surface area contributed by atoms with Gasteiger partial charge >= 0.3 is 0 Å². The molecule has 0 saturated heterocycles. The molecule has 0 aromatic carbocycles. The number of aromatic nitrogens is 4. The largest absolute Gasteiger partial charge is 0.392 e. The van der Waals surface area contributed by atoms with Gasteiger partial charge in [0.2, 0.25) is 9.23 Å². The molecule has 0 aliphatic carbocycles. The van der Waals surface area contributed by atoms with Crippen LogP contribution in [0.3, 0.4) is 0 Å². The van der Waals surface area contributed by atoms with Crippen molar-refractivity contribution in [2.75, 3.05) is 0 Å². The average Bonchev–Trinajstić information content (AvgIpc) is 2.90. The van der Waals surface area contributed by atoms with E-state index in [4.69, 9.17) is 20.9 Å². The SMILES string of the molecule is Cn1cc(CCl)c(I)n1.Cn1cc(CO)c(I)n1.O=S(Cl)Cl. The maximum Gasteiger partial charge on any atom is 0.211 e. The molecule has 0 atom stereocenters. The van der Waals surface area contributed by atoms with E-state index in [1.54, 1.807) is 9.36 Å². The molecule has 6 nitrogen and oxygen atoms in total. The second-order valence-corrected chi connectivity index (χ2v) is 8.55. The van der Waals surface area contributed by atoms with Crippen LogP contribution in [0.15, 0.2) is 12.4 Å². The maximum atomic E-state index is 9.09. The summed E-state index contributed by atoms with van der Waals surface area (Å²) < 4.78 is 14.4. The van der Waals surface area contributed by atoms with Crippen LogP contribution in [-0.4, -0.2) is 28.9 Å². The Morgan fingerprint density at radius 3 is 1.64 bits per heavy atom. The topological polar surface area (TPSA) is 72.9 Å². The van der Waals surface area contributed by atoms with E-state index in [-0.39, 0.29) is 6.61 Å². The molecule has 2 heterocycles. The van der Waals surface area contributed by atoms with Gasteiger partial charge in [0, 0.05) is 59.0 Å². The Kier molecular flexibility index (Phi) is 12.7. The molecular formula is C10H13Cl3I2N4O2S. The summed E-state index contributed by atoms with van der Waals surface area (Å²) in [6.45, 7) is 0.0755. The number of aliphatic hydroxyl groups excluding tert-OH is 1. The number of aryl methyl sites for hydroxylation is 2. The van der Waals surface area contributed by atoms with Crippen molar-refractivity contribution in [3.05, 3.63) is 30.9 Å². The summed E-state index contributed by atoms with van der Waals surface area (Å²) in [5, 5.41) is 16.8. The zero-order chi connectivity index (χ0) is 17.3. The lowest BCUT2D eigenvalue weighted by Gasteiger charge is -1.83. The van der Waals surface area contributed by atoms with Crippen molar-refractivity contribution in [3.63, 3.8) is 0 Å². The van der Waals surface area contributed by atoms with Gasteiger partial charge in [-0.3, -0.25) is 9.36 Å². The van der Waals surface area contributed by atoms with Crippen molar-refractivity contribution < 1.29 is 9.32 Å². The van der Waals surface area contributed by atoms with Gasteiger partial charge in [-0.2, -0.15) is 10.2 Å². The third-order valence-electron chi connectivity index (χ3n) is 2.02. The van der Waals surface area contributed by atoms with Gasteiger partial charge < -0.3 is 5.11 Å². The molecule has 0 saturated carbocycles. The van der Waals surface area contributed by atoms with E-state index < -0.39 is 9.23 Å². The second-order valence-electron chi connectivity index (χ2n) is 3.71. The molecule has 0 fully saturated rings. The van der Waals surface area contributed by atoms with E-state index in [9.17, 15) is 0 Å². The number of rotatable bonds is 2. The Bertz CT molecular complexity index is 559. The van der Waals surface area contributed by atoms with E-state index in [0.29, 0.717) is 5.88 Å². The number of nitrogens with zero attached hydrogens (tertiary/aromatic N) is 4. The molecule has 0 aliphatic heterocycles. The Hall–Kier alpha value is 0.860. The summed E-state index contributed by atoms with van der Waals surface area (Å²) in [5.41, 5.74) is 1.98. The highest BCUT2D eigenvalue weighted by molar-refractivity contribution is 14.1. The number of hydrogen-bond acceptors (Lipinski definition) is 4. The zero-order valence-electron chi connectivity index (χ0n) is 11.5. The van der Waals surface area contributed by atoms with Crippen LogP contribution in [0.1, 0.15) is 11.1 Å². The number of aliphatic hydroxyl groups is 1. The number of halogens is 5. The smallest absolute Gasteiger partial charge is 0.211 e. The van der Waals surface area contributed by atoms with E-state index in [0.717, 1.165) is 18.5 Å². The molecule has 126 valence electrons. The highest BCUT2D eigenvalue weighted by Gasteiger charge is 2.01. The third-order valence-corrected chi connectivity index (χ3v) is 4.13.